The van der Waals surface area contributed by atoms with Gasteiger partial charge in [-0.15, -0.1) is 0 Å². The number of carbonyl (C=O) groups excluding carboxylic acids is 1. The monoisotopic (exact) mass is 393 g/mol. The number of hydrogen-bond acceptors (Lipinski definition) is 4. The van der Waals surface area contributed by atoms with Gasteiger partial charge in [-0.05, 0) is 24.5 Å². The Labute approximate surface area is 160 Å². The van der Waals surface area contributed by atoms with Crippen LogP contribution in [0.2, 0.25) is 0 Å². The van der Waals surface area contributed by atoms with Crippen LogP contribution in [0.1, 0.15) is 24.8 Å². The zero-order chi connectivity index (χ0) is 19.0. The third-order valence-corrected chi connectivity index (χ3v) is 7.20. The molecule has 148 valence electrons. The van der Waals surface area contributed by atoms with Crippen molar-refractivity contribution < 1.29 is 17.9 Å². The largest absolute Gasteiger partial charge is 0.379 e. The van der Waals surface area contributed by atoms with E-state index in [9.17, 15) is 13.2 Å². The normalized spacial score (nSPS) is 23.5. The van der Waals surface area contributed by atoms with Gasteiger partial charge in [-0.2, -0.15) is 0 Å². The lowest BCUT2D eigenvalue weighted by molar-refractivity contribution is 0.0776. The Balaban J connectivity index is 1.49. The lowest BCUT2D eigenvalue weighted by atomic mass is 9.76. The van der Waals surface area contributed by atoms with E-state index in [0.717, 1.165) is 18.7 Å². The Hall–Kier alpha value is -1.80. The maximum absolute atomic E-state index is 12.9. The molecule has 4 rings (SSSR count). The van der Waals surface area contributed by atoms with Gasteiger partial charge in [0.15, 0.2) is 0 Å². The molecule has 1 aromatic rings. The molecule has 8 heteroatoms. The number of hydrogen-bond donors (Lipinski definition) is 1. The van der Waals surface area contributed by atoms with Gasteiger partial charge in [0.05, 0.1) is 25.2 Å². The van der Waals surface area contributed by atoms with Gasteiger partial charge in [0.1, 0.15) is 0 Å². The van der Waals surface area contributed by atoms with E-state index in [4.69, 9.17) is 4.74 Å². The number of anilines is 2. The number of nitrogens with zero attached hydrogens (tertiary/aromatic N) is 2. The van der Waals surface area contributed by atoms with Gasteiger partial charge in [-0.3, -0.25) is 4.31 Å². The van der Waals surface area contributed by atoms with Gasteiger partial charge >= 0.3 is 6.03 Å². The van der Waals surface area contributed by atoms with E-state index in [2.05, 4.69) is 5.32 Å². The molecule has 2 aliphatic heterocycles. The molecule has 0 aromatic heterocycles. The summed E-state index contributed by atoms with van der Waals surface area (Å²) >= 11 is 0. The summed E-state index contributed by atoms with van der Waals surface area (Å²) in [5.41, 5.74) is 2.26. The first-order valence-corrected chi connectivity index (χ1v) is 11.5. The SMILES string of the molecule is CS(=O)(=O)N1CCc2c(NC(=O)N3CCOCC(C4CCC4)C3)cccc21. The average Bonchev–Trinajstić information content (AvgIpc) is 2.87. The second-order valence-electron chi connectivity index (χ2n) is 7.79. The molecule has 1 aromatic carbocycles. The van der Waals surface area contributed by atoms with E-state index in [1.54, 1.807) is 12.1 Å². The number of fused-ring (bicyclic) bond motifs is 1. The van der Waals surface area contributed by atoms with E-state index >= 15 is 0 Å². The van der Waals surface area contributed by atoms with E-state index in [0.29, 0.717) is 49.3 Å². The van der Waals surface area contributed by atoms with Crippen molar-refractivity contribution in [3.63, 3.8) is 0 Å². The molecule has 1 N–H and O–H groups in total. The lowest BCUT2D eigenvalue weighted by Crippen LogP contribution is -2.41. The Bertz CT molecular complexity index is 822. The molecular weight excluding hydrogens is 366 g/mol. The third kappa shape index (κ3) is 3.78. The van der Waals surface area contributed by atoms with Crippen molar-refractivity contribution in [1.29, 1.82) is 0 Å². The Morgan fingerprint density at radius 3 is 2.74 bits per heavy atom. The second kappa shape index (κ2) is 7.31. The van der Waals surface area contributed by atoms with Crippen molar-refractivity contribution in [2.45, 2.75) is 25.7 Å². The topological polar surface area (TPSA) is 79.0 Å². The number of nitrogens with one attached hydrogen (secondary N) is 1. The number of sulfonamides is 1. The smallest absolute Gasteiger partial charge is 0.321 e. The van der Waals surface area contributed by atoms with Gasteiger partial charge in [-0.1, -0.05) is 25.3 Å². The highest BCUT2D eigenvalue weighted by Gasteiger charge is 2.33. The molecule has 0 radical (unpaired) electrons. The Morgan fingerprint density at radius 2 is 2.04 bits per heavy atom. The maximum Gasteiger partial charge on any atom is 0.321 e. The van der Waals surface area contributed by atoms with E-state index in [-0.39, 0.29) is 6.03 Å². The molecule has 1 saturated heterocycles. The molecule has 2 amide bonds. The van der Waals surface area contributed by atoms with E-state index in [1.165, 1.54) is 29.8 Å². The lowest BCUT2D eigenvalue weighted by Gasteiger charge is -2.34. The van der Waals surface area contributed by atoms with Crippen LogP contribution < -0.4 is 9.62 Å². The molecule has 1 aliphatic carbocycles. The first-order valence-electron chi connectivity index (χ1n) is 9.67. The number of ether oxygens (including phenoxy) is 1. The second-order valence-corrected chi connectivity index (χ2v) is 9.70. The Morgan fingerprint density at radius 1 is 1.22 bits per heavy atom. The van der Waals surface area contributed by atoms with Crippen LogP contribution in [0.25, 0.3) is 0 Å². The van der Waals surface area contributed by atoms with Crippen LogP contribution in [0.3, 0.4) is 0 Å². The quantitative estimate of drug-likeness (QED) is 0.855. The maximum atomic E-state index is 12.9. The van der Waals surface area contributed by atoms with Crippen LogP contribution in [0.5, 0.6) is 0 Å². The summed E-state index contributed by atoms with van der Waals surface area (Å²) in [6, 6.07) is 5.31. The number of carbonyl (C=O) groups is 1. The van der Waals surface area contributed by atoms with Crippen molar-refractivity contribution in [1.82, 2.24) is 4.90 Å². The molecule has 1 saturated carbocycles. The molecular formula is C19H27N3O4S. The first-order chi connectivity index (χ1) is 12.9. The minimum atomic E-state index is -3.31. The van der Waals surface area contributed by atoms with Gasteiger partial charge in [0, 0.05) is 36.8 Å². The van der Waals surface area contributed by atoms with Gasteiger partial charge < -0.3 is 15.0 Å². The fourth-order valence-corrected chi connectivity index (χ4v) is 5.23. The number of urea groups is 1. The van der Waals surface area contributed by atoms with Crippen LogP contribution in [0, 0.1) is 11.8 Å². The molecule has 3 aliphatic rings. The zero-order valence-electron chi connectivity index (χ0n) is 15.7. The Kier molecular flexibility index (Phi) is 5.03. The standard InChI is InChI=1S/C19H27N3O4S/c1-27(24,25)22-9-8-16-17(6-3-7-18(16)22)20-19(23)21-10-11-26-13-15(12-21)14-4-2-5-14/h3,6-7,14-15H,2,4-5,8-13H2,1H3,(H,20,23). The highest BCUT2D eigenvalue weighted by molar-refractivity contribution is 7.92. The summed E-state index contributed by atoms with van der Waals surface area (Å²) in [6.07, 6.45) is 5.56. The van der Waals surface area contributed by atoms with Crippen LogP contribution in [-0.2, 0) is 21.2 Å². The van der Waals surface area contributed by atoms with Crippen molar-refractivity contribution in [2.24, 2.45) is 11.8 Å². The summed E-state index contributed by atoms with van der Waals surface area (Å²) in [6.45, 7) is 3.02. The predicted molar refractivity (Wildman–Crippen MR) is 105 cm³/mol. The minimum Gasteiger partial charge on any atom is -0.379 e. The highest BCUT2D eigenvalue weighted by atomic mass is 32.2. The van der Waals surface area contributed by atoms with Gasteiger partial charge in [-0.25, -0.2) is 13.2 Å². The average molecular weight is 394 g/mol. The van der Waals surface area contributed by atoms with Crippen molar-refractivity contribution in [3.8, 4) is 0 Å². The molecule has 2 fully saturated rings. The van der Waals surface area contributed by atoms with E-state index in [1.807, 2.05) is 11.0 Å². The molecule has 27 heavy (non-hydrogen) atoms. The molecule has 7 nitrogen and oxygen atoms in total. The number of benzene rings is 1. The zero-order valence-corrected chi connectivity index (χ0v) is 16.5. The van der Waals surface area contributed by atoms with Crippen molar-refractivity contribution in [2.75, 3.05) is 48.7 Å². The fraction of sp³-hybridized carbons (Fsp3) is 0.632. The van der Waals surface area contributed by atoms with Gasteiger partial charge in [0.2, 0.25) is 10.0 Å². The highest BCUT2D eigenvalue weighted by Crippen LogP contribution is 2.36. The van der Waals surface area contributed by atoms with Crippen LogP contribution in [0.4, 0.5) is 16.2 Å². The molecule has 0 spiro atoms. The summed E-state index contributed by atoms with van der Waals surface area (Å²) < 4.78 is 31.1. The number of amides is 2. The molecule has 0 bridgehead atoms. The summed E-state index contributed by atoms with van der Waals surface area (Å²) in [5.74, 6) is 1.08. The molecule has 1 unspecified atom stereocenters. The van der Waals surface area contributed by atoms with Crippen LogP contribution in [0.15, 0.2) is 18.2 Å². The van der Waals surface area contributed by atoms with Crippen LogP contribution >= 0.6 is 0 Å². The van der Waals surface area contributed by atoms with E-state index < -0.39 is 10.0 Å². The molecule has 1 atom stereocenters. The fourth-order valence-electron chi connectivity index (χ4n) is 4.28. The molecule has 2 heterocycles. The van der Waals surface area contributed by atoms with Gasteiger partial charge in [0.25, 0.3) is 0 Å². The third-order valence-electron chi connectivity index (χ3n) is 6.02. The van der Waals surface area contributed by atoms with Crippen LogP contribution in [-0.4, -0.2) is 58.5 Å². The van der Waals surface area contributed by atoms with Crippen molar-refractivity contribution in [3.05, 3.63) is 23.8 Å². The number of rotatable bonds is 3. The summed E-state index contributed by atoms with van der Waals surface area (Å²) in [5, 5.41) is 3.02. The first kappa shape index (κ1) is 18.6. The predicted octanol–water partition coefficient (Wildman–Crippen LogP) is 2.29. The minimum absolute atomic E-state index is 0.129. The van der Waals surface area contributed by atoms with Crippen molar-refractivity contribution >= 4 is 27.4 Å². The summed E-state index contributed by atoms with van der Waals surface area (Å²) in [7, 11) is -3.31. The summed E-state index contributed by atoms with van der Waals surface area (Å²) in [4.78, 5) is 14.7.